The van der Waals surface area contributed by atoms with Crippen LogP contribution in [0.3, 0.4) is 0 Å². The Kier molecular flexibility index (Phi) is 6.74. The van der Waals surface area contributed by atoms with Gasteiger partial charge in [0.05, 0.1) is 25.8 Å². The van der Waals surface area contributed by atoms with Gasteiger partial charge in [0.15, 0.2) is 0 Å². The third-order valence-corrected chi connectivity index (χ3v) is 6.74. The van der Waals surface area contributed by atoms with Gasteiger partial charge in [0.1, 0.15) is 10.7 Å². The fourth-order valence-electron chi connectivity index (χ4n) is 4.19. The molecule has 0 bridgehead atoms. The summed E-state index contributed by atoms with van der Waals surface area (Å²) < 4.78 is 0. The smallest absolute Gasteiger partial charge is 0.283 e. The lowest BCUT2D eigenvalue weighted by molar-refractivity contribution is -0.885. The van der Waals surface area contributed by atoms with Gasteiger partial charge in [-0.15, -0.1) is 0 Å². The van der Waals surface area contributed by atoms with Crippen molar-refractivity contribution in [2.45, 2.75) is 18.9 Å². The van der Waals surface area contributed by atoms with Crippen LogP contribution in [0.25, 0.3) is 0 Å². The van der Waals surface area contributed by atoms with Crippen molar-refractivity contribution in [1.82, 2.24) is 4.90 Å². The summed E-state index contributed by atoms with van der Waals surface area (Å²) in [6, 6.07) is 13.5. The van der Waals surface area contributed by atoms with Gasteiger partial charge in [-0.2, -0.15) is 0 Å². The molecule has 33 heavy (non-hydrogen) atoms. The van der Waals surface area contributed by atoms with Crippen LogP contribution in [-0.4, -0.2) is 55.8 Å². The summed E-state index contributed by atoms with van der Waals surface area (Å²) in [5.74, 6) is -1.31. The highest BCUT2D eigenvalue weighted by Crippen LogP contribution is 2.31. The molecule has 0 atom stereocenters. The second kappa shape index (κ2) is 9.55. The predicted molar refractivity (Wildman–Crippen MR) is 129 cm³/mol. The fourth-order valence-corrected chi connectivity index (χ4v) is 4.58. The van der Waals surface area contributed by atoms with E-state index in [2.05, 4.69) is 12.4 Å². The molecule has 0 saturated carbocycles. The highest BCUT2D eigenvalue weighted by molar-refractivity contribution is 6.53. The van der Waals surface area contributed by atoms with Gasteiger partial charge >= 0.3 is 0 Å². The van der Waals surface area contributed by atoms with E-state index in [4.69, 9.17) is 23.2 Å². The van der Waals surface area contributed by atoms with Crippen LogP contribution in [0.1, 0.15) is 23.2 Å². The molecule has 1 saturated heterocycles. The van der Waals surface area contributed by atoms with Gasteiger partial charge in [0, 0.05) is 42.2 Å². The first-order chi connectivity index (χ1) is 15.8. The second-order valence-electron chi connectivity index (χ2n) is 8.42. The van der Waals surface area contributed by atoms with E-state index in [9.17, 15) is 14.4 Å². The largest absolute Gasteiger partial charge is 0.350 e. The first-order valence-electron chi connectivity index (χ1n) is 10.8. The number of nitrogens with zero attached hydrogens (tertiary/aromatic N) is 2. The molecule has 2 aromatic rings. The highest BCUT2D eigenvalue weighted by Gasteiger charge is 2.39. The van der Waals surface area contributed by atoms with Gasteiger partial charge in [0.25, 0.3) is 17.7 Å². The maximum absolute atomic E-state index is 13.1. The molecule has 1 fully saturated rings. The first kappa shape index (κ1) is 23.3. The lowest BCUT2D eigenvalue weighted by atomic mass is 10.0. The van der Waals surface area contributed by atoms with E-state index in [1.165, 1.54) is 11.0 Å². The van der Waals surface area contributed by atoms with Crippen molar-refractivity contribution in [3.63, 3.8) is 0 Å². The summed E-state index contributed by atoms with van der Waals surface area (Å²) in [5, 5.41) is 3.11. The number of likely N-dealkylation sites (tertiary alicyclic amines) is 1. The van der Waals surface area contributed by atoms with Crippen LogP contribution < -0.4 is 15.1 Å². The Morgan fingerprint density at radius 1 is 1.06 bits per heavy atom. The zero-order valence-electron chi connectivity index (χ0n) is 18.4. The first-order valence-corrected chi connectivity index (χ1v) is 11.5. The number of imide groups is 1. The minimum atomic E-state index is -0.636. The van der Waals surface area contributed by atoms with E-state index >= 15 is 0 Å². The zero-order chi connectivity index (χ0) is 23.7. The summed E-state index contributed by atoms with van der Waals surface area (Å²) in [7, 11) is 3.99. The number of hydrogen-bond acceptors (Lipinski definition) is 4. The topological polar surface area (TPSA) is 74.2 Å². The SMILES string of the molecule is CN(C(=O)c1cccc(NC2=C(Cl)C(=O)N(c3cccc(Cl)c3)C2=O)c1)C1CC[NH+](C)CC1. The van der Waals surface area contributed by atoms with Gasteiger partial charge < -0.3 is 15.1 Å². The summed E-state index contributed by atoms with van der Waals surface area (Å²) in [5.41, 5.74) is 1.27. The molecule has 0 aromatic heterocycles. The number of benzene rings is 2. The van der Waals surface area contributed by atoms with E-state index in [0.717, 1.165) is 30.8 Å². The molecule has 2 aliphatic rings. The number of rotatable bonds is 5. The van der Waals surface area contributed by atoms with Crippen molar-refractivity contribution < 1.29 is 19.3 Å². The molecule has 4 rings (SSSR count). The number of quaternary nitrogens is 1. The average Bonchev–Trinajstić information content (AvgIpc) is 3.02. The molecular formula is C24H25Cl2N4O3+. The number of carbonyl (C=O) groups is 3. The zero-order valence-corrected chi connectivity index (χ0v) is 19.9. The molecule has 2 aliphatic heterocycles. The molecule has 0 radical (unpaired) electrons. The maximum atomic E-state index is 13.1. The summed E-state index contributed by atoms with van der Waals surface area (Å²) >= 11 is 12.2. The average molecular weight is 488 g/mol. The lowest BCUT2D eigenvalue weighted by Gasteiger charge is -2.33. The Labute approximate surface area is 202 Å². The van der Waals surface area contributed by atoms with Crippen LogP contribution in [0, 0.1) is 0 Å². The Hall–Kier alpha value is -2.87. The molecule has 0 aliphatic carbocycles. The number of amides is 3. The number of nitrogens with one attached hydrogen (secondary N) is 2. The molecule has 172 valence electrons. The van der Waals surface area contributed by atoms with Crippen molar-refractivity contribution >= 4 is 52.3 Å². The molecule has 3 amide bonds. The van der Waals surface area contributed by atoms with E-state index in [1.54, 1.807) is 47.4 Å². The lowest BCUT2D eigenvalue weighted by Crippen LogP contribution is -3.10. The molecule has 0 unspecified atom stereocenters. The quantitative estimate of drug-likeness (QED) is 0.635. The van der Waals surface area contributed by atoms with Crippen LogP contribution in [-0.2, 0) is 9.59 Å². The maximum Gasteiger partial charge on any atom is 0.283 e. The van der Waals surface area contributed by atoms with Crippen molar-refractivity contribution in [3.05, 3.63) is 69.8 Å². The molecule has 9 heteroatoms. The fraction of sp³-hybridized carbons (Fsp3) is 0.292. The van der Waals surface area contributed by atoms with Crippen molar-refractivity contribution in [1.29, 1.82) is 0 Å². The van der Waals surface area contributed by atoms with Gasteiger partial charge in [-0.1, -0.05) is 35.3 Å². The molecule has 2 aromatic carbocycles. The van der Waals surface area contributed by atoms with E-state index in [1.807, 2.05) is 7.05 Å². The van der Waals surface area contributed by atoms with Crippen molar-refractivity contribution in [3.8, 4) is 0 Å². The molecule has 0 spiro atoms. The highest BCUT2D eigenvalue weighted by atomic mass is 35.5. The van der Waals surface area contributed by atoms with E-state index in [0.29, 0.717) is 22.0 Å². The number of halogens is 2. The Morgan fingerprint density at radius 3 is 2.45 bits per heavy atom. The summed E-state index contributed by atoms with van der Waals surface area (Å²) in [6.07, 6.45) is 1.93. The van der Waals surface area contributed by atoms with Gasteiger partial charge in [0.2, 0.25) is 0 Å². The van der Waals surface area contributed by atoms with Crippen molar-refractivity contribution in [2.24, 2.45) is 0 Å². The molecule has 2 heterocycles. The van der Waals surface area contributed by atoms with Crippen LogP contribution in [0.4, 0.5) is 11.4 Å². The number of anilines is 2. The monoisotopic (exact) mass is 487 g/mol. The Bertz CT molecular complexity index is 1140. The number of piperidine rings is 1. The molecular weight excluding hydrogens is 463 g/mol. The third kappa shape index (κ3) is 4.76. The van der Waals surface area contributed by atoms with Crippen LogP contribution in [0.5, 0.6) is 0 Å². The van der Waals surface area contributed by atoms with E-state index in [-0.39, 0.29) is 22.7 Å². The van der Waals surface area contributed by atoms with Gasteiger partial charge in [-0.3, -0.25) is 14.4 Å². The van der Waals surface area contributed by atoms with E-state index < -0.39 is 11.8 Å². The molecule has 7 nitrogen and oxygen atoms in total. The Morgan fingerprint density at radius 2 is 1.76 bits per heavy atom. The summed E-state index contributed by atoms with van der Waals surface area (Å²) in [4.78, 5) is 43.0. The number of carbonyl (C=O) groups excluding carboxylic acids is 3. The van der Waals surface area contributed by atoms with Gasteiger partial charge in [-0.05, 0) is 36.4 Å². The predicted octanol–water partition coefficient (Wildman–Crippen LogP) is 2.52. The van der Waals surface area contributed by atoms with Gasteiger partial charge in [-0.25, -0.2) is 4.90 Å². The van der Waals surface area contributed by atoms with Crippen molar-refractivity contribution in [2.75, 3.05) is 37.4 Å². The minimum Gasteiger partial charge on any atom is -0.350 e. The standard InChI is InChI=1S/C24H24Cl2N4O3/c1-28-11-9-18(10-12-28)29(2)22(31)15-5-3-7-17(13-15)27-21-20(26)23(32)30(24(21)33)19-8-4-6-16(25)14-19/h3-8,13-14,18,27H,9-12H2,1-2H3/p+1. The summed E-state index contributed by atoms with van der Waals surface area (Å²) in [6.45, 7) is 2.08. The second-order valence-corrected chi connectivity index (χ2v) is 9.24. The van der Waals surface area contributed by atoms with Crippen LogP contribution in [0.2, 0.25) is 5.02 Å². The molecule has 2 N–H and O–H groups in total. The normalized spacial score (nSPS) is 20.9. The van der Waals surface area contributed by atoms with Crippen LogP contribution >= 0.6 is 23.2 Å². The third-order valence-electron chi connectivity index (χ3n) is 6.15. The minimum absolute atomic E-state index is 0.0436. The number of hydrogen-bond donors (Lipinski definition) is 2. The van der Waals surface area contributed by atoms with Crippen LogP contribution in [0.15, 0.2) is 59.3 Å². The Balaban J connectivity index is 1.51.